The zero-order valence-corrected chi connectivity index (χ0v) is 25.6. The number of benzene rings is 4. The van der Waals surface area contributed by atoms with E-state index in [-0.39, 0.29) is 17.5 Å². The van der Waals surface area contributed by atoms with Crippen LogP contribution in [0.5, 0.6) is 0 Å². The van der Waals surface area contributed by atoms with E-state index in [9.17, 15) is 9.59 Å². The van der Waals surface area contributed by atoms with E-state index in [0.29, 0.717) is 54.5 Å². The van der Waals surface area contributed by atoms with E-state index in [0.717, 1.165) is 24.2 Å². The Kier molecular flexibility index (Phi) is 8.15. The highest BCUT2D eigenvalue weighted by Crippen LogP contribution is 2.29. The van der Waals surface area contributed by atoms with E-state index < -0.39 is 0 Å². The number of aryl methyl sites for hydroxylation is 1. The second-order valence-corrected chi connectivity index (χ2v) is 11.9. The number of amides is 1. The van der Waals surface area contributed by atoms with Crippen LogP contribution in [-0.2, 0) is 17.8 Å². The lowest BCUT2D eigenvalue weighted by atomic mass is 9.96. The molecule has 0 N–H and O–H groups in total. The minimum absolute atomic E-state index is 0.0983. The molecule has 0 bridgehead atoms. The Morgan fingerprint density at radius 2 is 1.38 bits per heavy atom. The van der Waals surface area contributed by atoms with E-state index in [2.05, 4.69) is 63.6 Å². The van der Waals surface area contributed by atoms with Crippen molar-refractivity contribution in [1.82, 2.24) is 29.0 Å². The van der Waals surface area contributed by atoms with Gasteiger partial charge in [0.15, 0.2) is 0 Å². The standard InChI is InChI=1S/C36H33ClN6O2/c37-29-17-15-26(16-18-29)25-42-35(45)30-13-7-8-14-31(30)43-32(38-39-36(42)43)19-20-33(44)40-21-23-41(24-22-40)34(27-9-3-1-4-10-27)28-11-5-2-6-12-28/h1-18,34H,19-25H2. The van der Waals surface area contributed by atoms with Gasteiger partial charge in [0.2, 0.25) is 11.7 Å². The quantitative estimate of drug-likeness (QED) is 0.222. The molecule has 45 heavy (non-hydrogen) atoms. The minimum atomic E-state index is -0.134. The van der Waals surface area contributed by atoms with Crippen LogP contribution in [0.1, 0.15) is 35.0 Å². The molecule has 9 heteroatoms. The van der Waals surface area contributed by atoms with Gasteiger partial charge in [-0.05, 0) is 41.0 Å². The van der Waals surface area contributed by atoms with E-state index in [4.69, 9.17) is 11.6 Å². The first kappa shape index (κ1) is 29.0. The number of rotatable bonds is 8. The Bertz CT molecular complexity index is 1960. The van der Waals surface area contributed by atoms with Crippen molar-refractivity contribution in [2.24, 2.45) is 0 Å². The van der Waals surface area contributed by atoms with Crippen LogP contribution < -0.4 is 5.56 Å². The van der Waals surface area contributed by atoms with Crippen molar-refractivity contribution in [3.8, 4) is 0 Å². The highest BCUT2D eigenvalue weighted by atomic mass is 35.5. The zero-order chi connectivity index (χ0) is 30.8. The van der Waals surface area contributed by atoms with E-state index >= 15 is 0 Å². The lowest BCUT2D eigenvalue weighted by molar-refractivity contribution is -0.133. The normalized spacial score (nSPS) is 14.0. The van der Waals surface area contributed by atoms with Crippen LogP contribution in [0.3, 0.4) is 0 Å². The molecule has 0 atom stereocenters. The SMILES string of the molecule is O=C(CCc1nnc2n(Cc3ccc(Cl)cc3)c(=O)c3ccccc3n12)N1CCN(C(c2ccccc2)c2ccccc2)CC1. The highest BCUT2D eigenvalue weighted by molar-refractivity contribution is 6.30. The molecule has 0 radical (unpaired) electrons. The molecule has 226 valence electrons. The Balaban J connectivity index is 1.09. The Morgan fingerprint density at radius 3 is 2.04 bits per heavy atom. The molecule has 3 heterocycles. The van der Waals surface area contributed by atoms with Gasteiger partial charge in [0.05, 0.1) is 23.5 Å². The Hall–Kier alpha value is -4.79. The van der Waals surface area contributed by atoms with Crippen molar-refractivity contribution in [3.63, 3.8) is 0 Å². The van der Waals surface area contributed by atoms with Crippen LogP contribution in [0, 0.1) is 0 Å². The summed E-state index contributed by atoms with van der Waals surface area (Å²) in [5.74, 6) is 1.21. The van der Waals surface area contributed by atoms with Crippen LogP contribution in [0.4, 0.5) is 0 Å². The first-order valence-corrected chi connectivity index (χ1v) is 15.7. The molecular formula is C36H33ClN6O2. The second kappa shape index (κ2) is 12.7. The van der Waals surface area contributed by atoms with Crippen molar-refractivity contribution >= 4 is 34.2 Å². The number of carbonyl (C=O) groups excluding carboxylic acids is 1. The number of nitrogens with zero attached hydrogens (tertiary/aromatic N) is 6. The number of carbonyl (C=O) groups is 1. The molecule has 1 amide bonds. The molecule has 6 aromatic rings. The Morgan fingerprint density at radius 1 is 0.756 bits per heavy atom. The second-order valence-electron chi connectivity index (χ2n) is 11.4. The third-order valence-electron chi connectivity index (χ3n) is 8.65. The maximum atomic E-state index is 13.5. The van der Waals surface area contributed by atoms with Gasteiger partial charge in [-0.15, -0.1) is 10.2 Å². The van der Waals surface area contributed by atoms with Gasteiger partial charge in [-0.2, -0.15) is 0 Å². The number of halogens is 1. The first-order valence-electron chi connectivity index (χ1n) is 15.3. The molecule has 4 aromatic carbocycles. The highest BCUT2D eigenvalue weighted by Gasteiger charge is 2.28. The maximum absolute atomic E-state index is 13.5. The number of aromatic nitrogens is 4. The van der Waals surface area contributed by atoms with E-state index in [1.54, 1.807) is 4.57 Å². The monoisotopic (exact) mass is 616 g/mol. The summed E-state index contributed by atoms with van der Waals surface area (Å²) in [5.41, 5.74) is 4.04. The molecular weight excluding hydrogens is 584 g/mol. The molecule has 8 nitrogen and oxygen atoms in total. The average molecular weight is 617 g/mol. The van der Waals surface area contributed by atoms with Crippen LogP contribution in [-0.4, -0.2) is 61.1 Å². The summed E-state index contributed by atoms with van der Waals surface area (Å²) < 4.78 is 3.56. The predicted octanol–water partition coefficient (Wildman–Crippen LogP) is 5.61. The number of piperazine rings is 1. The first-order chi connectivity index (χ1) is 22.1. The van der Waals surface area contributed by atoms with Gasteiger partial charge in [-0.25, -0.2) is 0 Å². The smallest absolute Gasteiger partial charge is 0.263 e. The van der Waals surface area contributed by atoms with Crippen molar-refractivity contribution in [3.05, 3.63) is 147 Å². The maximum Gasteiger partial charge on any atom is 0.263 e. The molecule has 1 aliphatic rings. The van der Waals surface area contributed by atoms with Gasteiger partial charge in [-0.1, -0.05) is 96.5 Å². The third kappa shape index (κ3) is 5.87. The topological polar surface area (TPSA) is 75.7 Å². The molecule has 1 saturated heterocycles. The number of para-hydroxylation sites is 1. The van der Waals surface area contributed by atoms with Gasteiger partial charge in [0, 0.05) is 44.0 Å². The number of hydrogen-bond donors (Lipinski definition) is 0. The summed E-state index contributed by atoms with van der Waals surface area (Å²) in [6, 6.07) is 36.2. The molecule has 7 rings (SSSR count). The molecule has 1 fully saturated rings. The summed E-state index contributed by atoms with van der Waals surface area (Å²) in [5, 5.41) is 10.1. The largest absolute Gasteiger partial charge is 0.340 e. The summed E-state index contributed by atoms with van der Waals surface area (Å²) in [6.45, 7) is 3.24. The summed E-state index contributed by atoms with van der Waals surface area (Å²) >= 11 is 6.08. The molecule has 2 aromatic heterocycles. The summed E-state index contributed by atoms with van der Waals surface area (Å²) in [4.78, 5) is 31.4. The predicted molar refractivity (Wildman–Crippen MR) is 177 cm³/mol. The lowest BCUT2D eigenvalue weighted by Gasteiger charge is -2.39. The summed E-state index contributed by atoms with van der Waals surface area (Å²) in [6.07, 6.45) is 0.728. The number of hydrogen-bond acceptors (Lipinski definition) is 5. The van der Waals surface area contributed by atoms with Crippen molar-refractivity contribution in [1.29, 1.82) is 0 Å². The van der Waals surface area contributed by atoms with E-state index in [1.807, 2.05) is 70.0 Å². The molecule has 0 saturated carbocycles. The van der Waals surface area contributed by atoms with Gasteiger partial charge in [-0.3, -0.25) is 23.5 Å². The molecule has 0 aliphatic carbocycles. The fraction of sp³-hybridized carbons (Fsp3) is 0.222. The van der Waals surface area contributed by atoms with Crippen LogP contribution >= 0.6 is 11.6 Å². The molecule has 0 spiro atoms. The Labute approximate surface area is 266 Å². The van der Waals surface area contributed by atoms with E-state index in [1.165, 1.54) is 11.1 Å². The van der Waals surface area contributed by atoms with Crippen LogP contribution in [0.25, 0.3) is 16.7 Å². The van der Waals surface area contributed by atoms with Crippen molar-refractivity contribution in [2.75, 3.05) is 26.2 Å². The zero-order valence-electron chi connectivity index (χ0n) is 24.8. The van der Waals surface area contributed by atoms with Crippen LogP contribution in [0.15, 0.2) is 114 Å². The summed E-state index contributed by atoms with van der Waals surface area (Å²) in [7, 11) is 0. The fourth-order valence-corrected chi connectivity index (χ4v) is 6.51. The van der Waals surface area contributed by atoms with Crippen molar-refractivity contribution < 1.29 is 4.79 Å². The molecule has 1 aliphatic heterocycles. The van der Waals surface area contributed by atoms with Gasteiger partial charge in [0.25, 0.3) is 5.56 Å². The molecule has 0 unspecified atom stereocenters. The van der Waals surface area contributed by atoms with Crippen molar-refractivity contribution in [2.45, 2.75) is 25.4 Å². The van der Waals surface area contributed by atoms with Gasteiger partial charge >= 0.3 is 0 Å². The lowest BCUT2D eigenvalue weighted by Crippen LogP contribution is -2.49. The average Bonchev–Trinajstić information content (AvgIpc) is 3.52. The van der Waals surface area contributed by atoms with Crippen LogP contribution in [0.2, 0.25) is 5.02 Å². The van der Waals surface area contributed by atoms with Gasteiger partial charge < -0.3 is 4.90 Å². The minimum Gasteiger partial charge on any atom is -0.340 e. The number of fused-ring (bicyclic) bond motifs is 3. The van der Waals surface area contributed by atoms with Gasteiger partial charge in [0.1, 0.15) is 5.82 Å². The fourth-order valence-electron chi connectivity index (χ4n) is 6.38. The third-order valence-corrected chi connectivity index (χ3v) is 8.91.